The molecule has 0 fully saturated rings. The molecule has 1 amide bonds. The van der Waals surface area contributed by atoms with E-state index in [9.17, 15) is 4.79 Å². The summed E-state index contributed by atoms with van der Waals surface area (Å²) in [6, 6.07) is 25.6. The maximum Gasteiger partial charge on any atom is 0.256 e. The molecule has 0 unspecified atom stereocenters. The third-order valence-corrected chi connectivity index (χ3v) is 5.07. The molecule has 0 saturated carbocycles. The molecule has 0 aliphatic carbocycles. The number of hydrogen-bond acceptors (Lipinski definition) is 2. The van der Waals surface area contributed by atoms with Crippen LogP contribution in [0.15, 0.2) is 91.3 Å². The third kappa shape index (κ3) is 3.25. The number of carbonyl (C=O) groups excluding carboxylic acids is 1. The molecule has 2 heterocycles. The van der Waals surface area contributed by atoms with Gasteiger partial charge < -0.3 is 9.72 Å². The van der Waals surface area contributed by atoms with Crippen molar-refractivity contribution >= 4 is 28.0 Å². The number of anilines is 1. The number of benzene rings is 3. The number of aryl methyl sites for hydroxylation is 1. The molecule has 0 atom stereocenters. The van der Waals surface area contributed by atoms with Crippen molar-refractivity contribution in [3.63, 3.8) is 0 Å². The van der Waals surface area contributed by atoms with Crippen LogP contribution in [-0.4, -0.2) is 15.3 Å². The van der Waals surface area contributed by atoms with Crippen molar-refractivity contribution in [2.45, 2.75) is 6.92 Å². The maximum atomic E-state index is 12.9. The minimum absolute atomic E-state index is 0.121. The van der Waals surface area contributed by atoms with Crippen LogP contribution in [0.1, 0.15) is 15.9 Å². The van der Waals surface area contributed by atoms with Gasteiger partial charge in [-0.1, -0.05) is 48.5 Å². The zero-order valence-electron chi connectivity index (χ0n) is 16.0. The highest BCUT2D eigenvalue weighted by molar-refractivity contribution is 6.13. The number of nitrogens with one attached hydrogen (secondary N) is 1. The minimum atomic E-state index is -0.121. The molecule has 4 heteroatoms. The summed E-state index contributed by atoms with van der Waals surface area (Å²) in [5, 5.41) is 5.02. The Morgan fingerprint density at radius 3 is 2.69 bits per heavy atom. The van der Waals surface area contributed by atoms with E-state index in [-0.39, 0.29) is 5.91 Å². The Hall–Kier alpha value is -3.92. The van der Waals surface area contributed by atoms with Crippen LogP contribution >= 0.6 is 0 Å². The van der Waals surface area contributed by atoms with E-state index in [0.29, 0.717) is 5.56 Å². The van der Waals surface area contributed by atoms with Crippen molar-refractivity contribution in [1.29, 1.82) is 0 Å². The van der Waals surface area contributed by atoms with E-state index in [0.717, 1.165) is 33.4 Å². The van der Waals surface area contributed by atoms with Gasteiger partial charge in [-0.25, -0.2) is 4.98 Å². The average molecular weight is 377 g/mol. The predicted octanol–water partition coefficient (Wildman–Crippen LogP) is 5.72. The number of imidazole rings is 1. The van der Waals surface area contributed by atoms with Gasteiger partial charge >= 0.3 is 0 Å². The van der Waals surface area contributed by atoms with Crippen molar-refractivity contribution in [3.05, 3.63) is 102 Å². The lowest BCUT2D eigenvalue weighted by molar-refractivity contribution is 0.102. The molecule has 0 bridgehead atoms. The van der Waals surface area contributed by atoms with Crippen LogP contribution in [0.2, 0.25) is 0 Å². The molecule has 1 N–H and O–H groups in total. The number of amides is 1. The van der Waals surface area contributed by atoms with Crippen LogP contribution in [0.4, 0.5) is 5.69 Å². The van der Waals surface area contributed by atoms with Gasteiger partial charge in [0.1, 0.15) is 5.65 Å². The summed E-state index contributed by atoms with van der Waals surface area (Å²) in [7, 11) is 0. The number of carbonyl (C=O) groups is 1. The van der Waals surface area contributed by atoms with Crippen LogP contribution < -0.4 is 5.32 Å². The van der Waals surface area contributed by atoms with E-state index in [1.54, 1.807) is 0 Å². The molecule has 2 aromatic heterocycles. The summed E-state index contributed by atoms with van der Waals surface area (Å²) in [6.07, 6.45) is 4.01. The number of rotatable bonds is 3. The van der Waals surface area contributed by atoms with E-state index in [1.165, 1.54) is 5.56 Å². The summed E-state index contributed by atoms with van der Waals surface area (Å²) in [6.45, 7) is 2.05. The van der Waals surface area contributed by atoms with Gasteiger partial charge in [0, 0.05) is 29.2 Å². The first-order valence-electron chi connectivity index (χ1n) is 9.52. The fourth-order valence-corrected chi connectivity index (χ4v) is 3.60. The van der Waals surface area contributed by atoms with E-state index < -0.39 is 0 Å². The van der Waals surface area contributed by atoms with Gasteiger partial charge in [0.15, 0.2) is 0 Å². The first-order valence-corrected chi connectivity index (χ1v) is 9.52. The van der Waals surface area contributed by atoms with E-state index >= 15 is 0 Å². The molecule has 0 aliphatic rings. The quantitative estimate of drug-likeness (QED) is 0.437. The van der Waals surface area contributed by atoms with Crippen LogP contribution in [0.5, 0.6) is 0 Å². The molecule has 0 spiro atoms. The summed E-state index contributed by atoms with van der Waals surface area (Å²) in [4.78, 5) is 17.6. The van der Waals surface area contributed by atoms with E-state index in [1.807, 2.05) is 83.5 Å². The summed E-state index contributed by atoms with van der Waals surface area (Å²) in [5.74, 6) is -0.121. The zero-order chi connectivity index (χ0) is 19.8. The van der Waals surface area contributed by atoms with Crippen LogP contribution in [0, 0.1) is 6.92 Å². The molecule has 140 valence electrons. The number of aromatic nitrogens is 2. The van der Waals surface area contributed by atoms with Crippen LogP contribution in [-0.2, 0) is 0 Å². The number of nitrogens with zero attached hydrogens (tertiary/aromatic N) is 2. The van der Waals surface area contributed by atoms with Crippen molar-refractivity contribution in [2.24, 2.45) is 0 Å². The first kappa shape index (κ1) is 17.2. The smallest absolute Gasteiger partial charge is 0.256 e. The molecule has 29 heavy (non-hydrogen) atoms. The predicted molar refractivity (Wildman–Crippen MR) is 117 cm³/mol. The van der Waals surface area contributed by atoms with Gasteiger partial charge in [0.05, 0.1) is 5.69 Å². The second-order valence-electron chi connectivity index (χ2n) is 7.16. The van der Waals surface area contributed by atoms with Crippen molar-refractivity contribution < 1.29 is 4.79 Å². The Bertz CT molecular complexity index is 1360. The molecule has 3 aromatic carbocycles. The van der Waals surface area contributed by atoms with Gasteiger partial charge in [-0.15, -0.1) is 0 Å². The Morgan fingerprint density at radius 2 is 1.76 bits per heavy atom. The molecule has 0 saturated heterocycles. The maximum absolute atomic E-state index is 12.9. The molecule has 0 radical (unpaired) electrons. The fourth-order valence-electron chi connectivity index (χ4n) is 3.60. The highest BCUT2D eigenvalue weighted by Crippen LogP contribution is 2.24. The van der Waals surface area contributed by atoms with Crippen LogP contribution in [0.3, 0.4) is 0 Å². The third-order valence-electron chi connectivity index (χ3n) is 5.07. The van der Waals surface area contributed by atoms with Crippen molar-refractivity contribution in [2.75, 3.05) is 5.32 Å². The lowest BCUT2D eigenvalue weighted by Gasteiger charge is -2.09. The standard InChI is InChI=1S/C25H19N3O/c1-17-12-13-28-16-23(27-24(28)14-17)19-8-4-9-20(15-19)26-25(29)22-11-5-7-18-6-2-3-10-21(18)22/h2-16H,1H3,(H,26,29). The second-order valence-corrected chi connectivity index (χ2v) is 7.16. The lowest BCUT2D eigenvalue weighted by atomic mass is 10.0. The lowest BCUT2D eigenvalue weighted by Crippen LogP contribution is -2.12. The first-order chi connectivity index (χ1) is 14.2. The minimum Gasteiger partial charge on any atom is -0.322 e. The summed E-state index contributed by atoms with van der Waals surface area (Å²) < 4.78 is 2.00. The number of hydrogen-bond donors (Lipinski definition) is 1. The Balaban J connectivity index is 1.47. The Kier molecular flexibility index (Phi) is 4.10. The van der Waals surface area contributed by atoms with Gasteiger partial charge in [-0.3, -0.25) is 4.79 Å². The van der Waals surface area contributed by atoms with Gasteiger partial charge in [-0.2, -0.15) is 0 Å². The SMILES string of the molecule is Cc1ccn2cc(-c3cccc(NC(=O)c4cccc5ccccc45)c3)nc2c1. The van der Waals surface area contributed by atoms with E-state index in [4.69, 9.17) is 4.98 Å². The van der Waals surface area contributed by atoms with Crippen LogP contribution in [0.25, 0.3) is 27.7 Å². The molecule has 5 rings (SSSR count). The topological polar surface area (TPSA) is 46.4 Å². The van der Waals surface area contributed by atoms with Gasteiger partial charge in [-0.05, 0) is 53.6 Å². The summed E-state index contributed by atoms with van der Waals surface area (Å²) in [5.41, 5.74) is 5.32. The second kappa shape index (κ2) is 6.91. The molecular formula is C25H19N3O. The fraction of sp³-hybridized carbons (Fsp3) is 0.0400. The van der Waals surface area contributed by atoms with E-state index in [2.05, 4.69) is 24.4 Å². The number of fused-ring (bicyclic) bond motifs is 2. The highest BCUT2D eigenvalue weighted by atomic mass is 16.1. The monoisotopic (exact) mass is 377 g/mol. The number of pyridine rings is 1. The Morgan fingerprint density at radius 1 is 0.931 bits per heavy atom. The highest BCUT2D eigenvalue weighted by Gasteiger charge is 2.11. The molecule has 5 aromatic rings. The zero-order valence-corrected chi connectivity index (χ0v) is 16.0. The Labute approximate surface area is 168 Å². The molecular weight excluding hydrogens is 358 g/mol. The van der Waals surface area contributed by atoms with Gasteiger partial charge in [0.2, 0.25) is 0 Å². The van der Waals surface area contributed by atoms with Gasteiger partial charge in [0.25, 0.3) is 5.91 Å². The average Bonchev–Trinajstić information content (AvgIpc) is 3.17. The normalized spacial score (nSPS) is 11.1. The van der Waals surface area contributed by atoms with Crippen molar-refractivity contribution in [1.82, 2.24) is 9.38 Å². The molecule has 4 nitrogen and oxygen atoms in total. The van der Waals surface area contributed by atoms with Crippen molar-refractivity contribution in [3.8, 4) is 11.3 Å². The largest absolute Gasteiger partial charge is 0.322 e. The molecule has 0 aliphatic heterocycles. The summed E-state index contributed by atoms with van der Waals surface area (Å²) >= 11 is 0.